The fourth-order valence-corrected chi connectivity index (χ4v) is 3.40. The minimum atomic E-state index is -0.522. The summed E-state index contributed by atoms with van der Waals surface area (Å²) in [6.45, 7) is 8.09. The van der Waals surface area contributed by atoms with Crippen LogP contribution in [0.3, 0.4) is 0 Å². The normalized spacial score (nSPS) is 23.5. The predicted molar refractivity (Wildman–Crippen MR) is 89.8 cm³/mol. The molecule has 1 aliphatic heterocycles. The van der Waals surface area contributed by atoms with Gasteiger partial charge in [-0.05, 0) is 24.8 Å². The van der Waals surface area contributed by atoms with Crippen molar-refractivity contribution in [1.29, 1.82) is 0 Å². The monoisotopic (exact) mass is 317 g/mol. The lowest BCUT2D eigenvalue weighted by Gasteiger charge is -2.24. The van der Waals surface area contributed by atoms with Crippen LogP contribution in [0.25, 0.3) is 0 Å². The Balaban J connectivity index is 2.07. The van der Waals surface area contributed by atoms with Crippen LogP contribution in [0.5, 0.6) is 0 Å². The van der Waals surface area contributed by atoms with Gasteiger partial charge in [0.2, 0.25) is 5.91 Å². The van der Waals surface area contributed by atoms with Crippen molar-refractivity contribution in [3.05, 3.63) is 35.9 Å². The molecule has 0 saturated carbocycles. The number of rotatable bonds is 6. The Kier molecular flexibility index (Phi) is 5.80. The van der Waals surface area contributed by atoms with Crippen LogP contribution in [0.15, 0.2) is 30.3 Å². The Morgan fingerprint density at radius 1 is 1.26 bits per heavy atom. The summed E-state index contributed by atoms with van der Waals surface area (Å²) in [7, 11) is 0. The fourth-order valence-electron chi connectivity index (χ4n) is 3.40. The summed E-state index contributed by atoms with van der Waals surface area (Å²) in [6.07, 6.45) is 2.11. The summed E-state index contributed by atoms with van der Waals surface area (Å²) < 4.78 is 5.46. The van der Waals surface area contributed by atoms with Crippen molar-refractivity contribution < 1.29 is 14.3 Å². The first-order valence-electron chi connectivity index (χ1n) is 8.54. The zero-order valence-electron chi connectivity index (χ0n) is 14.5. The van der Waals surface area contributed by atoms with Crippen molar-refractivity contribution in [2.45, 2.75) is 59.1 Å². The van der Waals surface area contributed by atoms with E-state index < -0.39 is 6.09 Å². The number of carbonyl (C=O) groups is 2. The number of nitrogens with zero attached hydrogens (tertiary/aromatic N) is 1. The molecule has 1 aromatic carbocycles. The Labute approximate surface area is 138 Å². The topological polar surface area (TPSA) is 46.6 Å². The van der Waals surface area contributed by atoms with Crippen LogP contribution >= 0.6 is 0 Å². The maximum atomic E-state index is 12.7. The van der Waals surface area contributed by atoms with E-state index in [1.54, 1.807) is 0 Å². The first-order chi connectivity index (χ1) is 11.0. The molecule has 0 spiro atoms. The molecule has 0 unspecified atom stereocenters. The van der Waals surface area contributed by atoms with E-state index in [2.05, 4.69) is 13.8 Å². The molecular formula is C19H27NO3. The molecule has 1 aromatic rings. The first-order valence-corrected chi connectivity index (χ1v) is 8.54. The lowest BCUT2D eigenvalue weighted by Crippen LogP contribution is -2.41. The van der Waals surface area contributed by atoms with E-state index in [0.29, 0.717) is 5.92 Å². The van der Waals surface area contributed by atoms with Gasteiger partial charge in [-0.1, -0.05) is 63.9 Å². The molecule has 4 nitrogen and oxygen atoms in total. The summed E-state index contributed by atoms with van der Waals surface area (Å²) in [5, 5.41) is 0. The molecule has 4 atom stereocenters. The maximum absolute atomic E-state index is 12.7. The molecule has 0 aromatic heterocycles. The van der Waals surface area contributed by atoms with Gasteiger partial charge in [0.1, 0.15) is 6.10 Å². The SMILES string of the molecule is CCC[C@@H](C)C[C@@H](C)C(=O)N1C(=O)O[C@H](c2ccccc2)[C@@H]1C. The number of imide groups is 1. The Bertz CT molecular complexity index is 543. The molecule has 1 fully saturated rings. The van der Waals surface area contributed by atoms with E-state index in [4.69, 9.17) is 4.74 Å². The van der Waals surface area contributed by atoms with Crippen molar-refractivity contribution >= 4 is 12.0 Å². The van der Waals surface area contributed by atoms with Gasteiger partial charge < -0.3 is 4.74 Å². The smallest absolute Gasteiger partial charge is 0.417 e. The number of carbonyl (C=O) groups excluding carboxylic acids is 2. The molecular weight excluding hydrogens is 290 g/mol. The number of benzene rings is 1. The van der Waals surface area contributed by atoms with Crippen molar-refractivity contribution in [3.8, 4) is 0 Å². The molecule has 1 heterocycles. The van der Waals surface area contributed by atoms with Gasteiger partial charge in [-0.3, -0.25) is 4.79 Å². The second-order valence-electron chi connectivity index (χ2n) is 6.69. The minimum Gasteiger partial charge on any atom is -0.439 e. The van der Waals surface area contributed by atoms with Crippen LogP contribution in [0, 0.1) is 11.8 Å². The zero-order chi connectivity index (χ0) is 17.0. The quantitative estimate of drug-likeness (QED) is 0.773. The van der Waals surface area contributed by atoms with E-state index in [9.17, 15) is 9.59 Å². The molecule has 4 heteroatoms. The fraction of sp³-hybridized carbons (Fsp3) is 0.579. The lowest BCUT2D eigenvalue weighted by molar-refractivity contribution is -0.133. The van der Waals surface area contributed by atoms with Crippen LogP contribution in [0.4, 0.5) is 4.79 Å². The summed E-state index contributed by atoms with van der Waals surface area (Å²) in [4.78, 5) is 26.2. The molecule has 0 N–H and O–H groups in total. The lowest BCUT2D eigenvalue weighted by atomic mass is 9.92. The van der Waals surface area contributed by atoms with E-state index in [0.717, 1.165) is 24.8 Å². The van der Waals surface area contributed by atoms with Crippen LogP contribution in [-0.4, -0.2) is 22.9 Å². The minimum absolute atomic E-state index is 0.121. The third-order valence-corrected chi connectivity index (χ3v) is 4.59. The Hall–Kier alpha value is -1.84. The number of amides is 2. The Morgan fingerprint density at radius 2 is 1.91 bits per heavy atom. The average Bonchev–Trinajstić information content (AvgIpc) is 2.82. The van der Waals surface area contributed by atoms with Gasteiger partial charge in [-0.2, -0.15) is 0 Å². The van der Waals surface area contributed by atoms with Crippen molar-refractivity contribution in [1.82, 2.24) is 4.90 Å². The summed E-state index contributed by atoms with van der Waals surface area (Å²) in [6, 6.07) is 9.32. The van der Waals surface area contributed by atoms with Crippen molar-refractivity contribution in [2.24, 2.45) is 11.8 Å². The van der Waals surface area contributed by atoms with E-state index >= 15 is 0 Å². The maximum Gasteiger partial charge on any atom is 0.417 e. The second-order valence-corrected chi connectivity index (χ2v) is 6.69. The van der Waals surface area contributed by atoms with Crippen LogP contribution in [-0.2, 0) is 9.53 Å². The van der Waals surface area contributed by atoms with Gasteiger partial charge in [0, 0.05) is 5.92 Å². The largest absolute Gasteiger partial charge is 0.439 e. The highest BCUT2D eigenvalue weighted by Gasteiger charge is 2.44. The predicted octanol–water partition coefficient (Wildman–Crippen LogP) is 4.56. The molecule has 1 aliphatic rings. The summed E-state index contributed by atoms with van der Waals surface area (Å²) in [5.41, 5.74) is 0.927. The molecule has 23 heavy (non-hydrogen) atoms. The van der Waals surface area contributed by atoms with Gasteiger partial charge in [0.05, 0.1) is 6.04 Å². The van der Waals surface area contributed by atoms with Gasteiger partial charge in [-0.15, -0.1) is 0 Å². The van der Waals surface area contributed by atoms with Crippen LogP contribution in [0.1, 0.15) is 58.6 Å². The number of cyclic esters (lactones) is 1. The number of hydrogen-bond acceptors (Lipinski definition) is 3. The third kappa shape index (κ3) is 3.92. The first kappa shape index (κ1) is 17.5. The second kappa shape index (κ2) is 7.62. The van der Waals surface area contributed by atoms with Gasteiger partial charge >= 0.3 is 6.09 Å². The summed E-state index contributed by atoms with van der Waals surface area (Å²) >= 11 is 0. The number of ether oxygens (including phenoxy) is 1. The highest BCUT2D eigenvalue weighted by molar-refractivity contribution is 5.94. The van der Waals surface area contributed by atoms with Crippen molar-refractivity contribution in [3.63, 3.8) is 0 Å². The molecule has 0 bridgehead atoms. The van der Waals surface area contributed by atoms with E-state index in [1.165, 1.54) is 4.90 Å². The standard InChI is InChI=1S/C19H27NO3/c1-5-9-13(2)12-14(3)18(21)20-15(4)17(23-19(20)22)16-10-7-6-8-11-16/h6-8,10-11,13-15,17H,5,9,12H2,1-4H3/t13-,14-,15+,17+/m1/s1. The molecule has 126 valence electrons. The highest BCUT2D eigenvalue weighted by Crippen LogP contribution is 2.33. The van der Waals surface area contributed by atoms with Gasteiger partial charge in [0.25, 0.3) is 0 Å². The molecule has 2 amide bonds. The molecule has 1 saturated heterocycles. The van der Waals surface area contributed by atoms with Crippen LogP contribution in [0.2, 0.25) is 0 Å². The van der Waals surface area contributed by atoms with Crippen molar-refractivity contribution in [2.75, 3.05) is 0 Å². The van der Waals surface area contributed by atoms with Gasteiger partial charge in [0.15, 0.2) is 0 Å². The van der Waals surface area contributed by atoms with Crippen LogP contribution < -0.4 is 0 Å². The molecule has 2 rings (SSSR count). The zero-order valence-corrected chi connectivity index (χ0v) is 14.5. The molecule has 0 radical (unpaired) electrons. The number of hydrogen-bond donors (Lipinski definition) is 0. The van der Waals surface area contributed by atoms with E-state index in [-0.39, 0.29) is 24.0 Å². The summed E-state index contributed by atoms with van der Waals surface area (Å²) in [5.74, 6) is 0.197. The van der Waals surface area contributed by atoms with E-state index in [1.807, 2.05) is 44.2 Å². The highest BCUT2D eigenvalue weighted by atomic mass is 16.6. The molecule has 0 aliphatic carbocycles. The van der Waals surface area contributed by atoms with Gasteiger partial charge in [-0.25, -0.2) is 9.69 Å². The Morgan fingerprint density at radius 3 is 2.52 bits per heavy atom. The average molecular weight is 317 g/mol. The third-order valence-electron chi connectivity index (χ3n) is 4.59.